The molecule has 2 aliphatic heterocycles. The van der Waals surface area contributed by atoms with Crippen molar-refractivity contribution in [3.8, 4) is 0 Å². The minimum atomic E-state index is -1.05. The number of β-amino-alcohol motifs (C(OH)–C–C–N with tert-alkyl or cyclic N) is 1. The van der Waals surface area contributed by atoms with Crippen LogP contribution >= 0.6 is 23.2 Å². The molecule has 2 aromatic carbocycles. The fourth-order valence-corrected chi connectivity index (χ4v) is 4.29. The maximum Gasteiger partial charge on any atom is 0.271 e. The third-order valence-corrected chi connectivity index (χ3v) is 6.10. The molecular weight excluding hydrogens is 367 g/mol. The Hall–Kier alpha value is -1.55. The second-order valence-corrected chi connectivity index (χ2v) is 8.26. The van der Waals surface area contributed by atoms with Gasteiger partial charge in [0.1, 0.15) is 5.69 Å². The van der Waals surface area contributed by atoms with E-state index in [0.717, 1.165) is 42.1 Å². The summed E-state index contributed by atoms with van der Waals surface area (Å²) < 4.78 is 2.19. The SMILES string of the molecule is CC1CCC2=[N+](CC1)C(O)(c1ccc(Cl)cc1)CN2c1ccc(Cl)cc1. The van der Waals surface area contributed by atoms with E-state index in [1.54, 1.807) is 0 Å². The van der Waals surface area contributed by atoms with E-state index < -0.39 is 5.72 Å². The summed E-state index contributed by atoms with van der Waals surface area (Å²) in [5.74, 6) is 1.84. The number of hydrogen-bond donors (Lipinski definition) is 1. The Labute approximate surface area is 164 Å². The van der Waals surface area contributed by atoms with Gasteiger partial charge in [-0.1, -0.05) is 42.3 Å². The molecule has 0 saturated heterocycles. The van der Waals surface area contributed by atoms with Crippen LogP contribution in [0, 0.1) is 5.92 Å². The summed E-state index contributed by atoms with van der Waals surface area (Å²) >= 11 is 12.1. The molecule has 0 bridgehead atoms. The molecule has 2 unspecified atom stereocenters. The molecule has 0 fully saturated rings. The number of aliphatic hydroxyl groups is 1. The number of rotatable bonds is 2. The predicted molar refractivity (Wildman–Crippen MR) is 107 cm³/mol. The van der Waals surface area contributed by atoms with Crippen molar-refractivity contribution < 1.29 is 9.68 Å². The van der Waals surface area contributed by atoms with E-state index in [1.807, 2.05) is 48.5 Å². The van der Waals surface area contributed by atoms with Crippen molar-refractivity contribution >= 4 is 34.7 Å². The number of halogens is 2. The average molecular weight is 390 g/mol. The van der Waals surface area contributed by atoms with Crippen molar-refractivity contribution in [1.82, 2.24) is 0 Å². The first kappa shape index (κ1) is 17.8. The number of hydrogen-bond acceptors (Lipinski definition) is 2. The molecule has 4 rings (SSSR count). The van der Waals surface area contributed by atoms with Gasteiger partial charge in [0.05, 0.1) is 6.54 Å². The maximum atomic E-state index is 11.7. The first-order valence-corrected chi connectivity index (χ1v) is 9.88. The highest BCUT2D eigenvalue weighted by Gasteiger charge is 2.52. The first-order chi connectivity index (χ1) is 12.5. The second kappa shape index (κ2) is 6.88. The van der Waals surface area contributed by atoms with E-state index in [-0.39, 0.29) is 0 Å². The van der Waals surface area contributed by atoms with Crippen LogP contribution in [0.15, 0.2) is 48.5 Å². The van der Waals surface area contributed by atoms with E-state index in [4.69, 9.17) is 23.2 Å². The quantitative estimate of drug-likeness (QED) is 0.739. The summed E-state index contributed by atoms with van der Waals surface area (Å²) in [7, 11) is 0. The molecule has 1 N–H and O–H groups in total. The van der Waals surface area contributed by atoms with Gasteiger partial charge < -0.3 is 5.11 Å². The van der Waals surface area contributed by atoms with E-state index >= 15 is 0 Å². The molecule has 2 aliphatic rings. The van der Waals surface area contributed by atoms with Crippen LogP contribution in [0.2, 0.25) is 10.0 Å². The van der Waals surface area contributed by atoms with Crippen LogP contribution in [0.1, 0.15) is 31.7 Å². The Morgan fingerprint density at radius 1 is 1.00 bits per heavy atom. The third kappa shape index (κ3) is 3.13. The maximum absolute atomic E-state index is 11.7. The summed E-state index contributed by atoms with van der Waals surface area (Å²) in [4.78, 5) is 2.24. The Morgan fingerprint density at radius 2 is 1.62 bits per heavy atom. The average Bonchev–Trinajstić information content (AvgIpc) is 2.77. The minimum Gasteiger partial charge on any atom is -0.346 e. The molecule has 0 aromatic heterocycles. The van der Waals surface area contributed by atoms with Crippen molar-refractivity contribution in [3.05, 3.63) is 64.1 Å². The van der Waals surface area contributed by atoms with Gasteiger partial charge in [0.15, 0.2) is 6.54 Å². The molecular formula is C21H23Cl2N2O+. The highest BCUT2D eigenvalue weighted by molar-refractivity contribution is 6.30. The lowest BCUT2D eigenvalue weighted by molar-refractivity contribution is -0.658. The summed E-state index contributed by atoms with van der Waals surface area (Å²) in [6.07, 6.45) is 3.17. The summed E-state index contributed by atoms with van der Waals surface area (Å²) in [6, 6.07) is 15.4. The largest absolute Gasteiger partial charge is 0.346 e. The van der Waals surface area contributed by atoms with Gasteiger partial charge in [-0.05, 0) is 55.2 Å². The van der Waals surface area contributed by atoms with Crippen LogP contribution in [-0.2, 0) is 5.72 Å². The lowest BCUT2D eigenvalue weighted by atomic mass is 10.00. The number of anilines is 1. The monoisotopic (exact) mass is 389 g/mol. The zero-order valence-corrected chi connectivity index (χ0v) is 16.3. The van der Waals surface area contributed by atoms with Gasteiger partial charge in [0.25, 0.3) is 11.6 Å². The Balaban J connectivity index is 1.79. The van der Waals surface area contributed by atoms with Gasteiger partial charge in [0.2, 0.25) is 0 Å². The van der Waals surface area contributed by atoms with Gasteiger partial charge in [0, 0.05) is 22.0 Å². The molecule has 0 saturated carbocycles. The summed E-state index contributed by atoms with van der Waals surface area (Å²) in [5, 5.41) is 13.1. The number of nitrogens with zero attached hydrogens (tertiary/aromatic N) is 2. The van der Waals surface area contributed by atoms with Crippen LogP contribution < -0.4 is 4.90 Å². The van der Waals surface area contributed by atoms with Crippen molar-refractivity contribution in [2.45, 2.75) is 31.9 Å². The first-order valence-electron chi connectivity index (χ1n) is 9.12. The Bertz CT molecular complexity index is 832. The second-order valence-electron chi connectivity index (χ2n) is 7.39. The lowest BCUT2D eigenvalue weighted by Gasteiger charge is -2.24. The molecule has 136 valence electrons. The zero-order valence-electron chi connectivity index (χ0n) is 14.8. The van der Waals surface area contributed by atoms with Gasteiger partial charge >= 0.3 is 0 Å². The smallest absolute Gasteiger partial charge is 0.271 e. The fourth-order valence-electron chi connectivity index (χ4n) is 4.03. The van der Waals surface area contributed by atoms with Crippen molar-refractivity contribution in [2.24, 2.45) is 5.92 Å². The molecule has 3 nitrogen and oxygen atoms in total. The number of amidine groups is 1. The molecule has 5 heteroatoms. The van der Waals surface area contributed by atoms with E-state index in [0.29, 0.717) is 17.5 Å². The minimum absolute atomic E-state index is 0.500. The molecule has 26 heavy (non-hydrogen) atoms. The lowest BCUT2D eigenvalue weighted by Crippen LogP contribution is -2.41. The van der Waals surface area contributed by atoms with Gasteiger partial charge in [-0.15, -0.1) is 0 Å². The molecule has 0 aliphatic carbocycles. The number of benzene rings is 2. The van der Waals surface area contributed by atoms with E-state index in [2.05, 4.69) is 16.4 Å². The normalized spacial score (nSPS) is 26.0. The van der Waals surface area contributed by atoms with Crippen LogP contribution in [0.4, 0.5) is 5.69 Å². The zero-order chi connectivity index (χ0) is 18.3. The molecule has 0 spiro atoms. The Kier molecular flexibility index (Phi) is 4.72. The molecule has 2 heterocycles. The molecule has 0 amide bonds. The fraction of sp³-hybridized carbons (Fsp3) is 0.381. The van der Waals surface area contributed by atoms with Crippen LogP contribution in [0.5, 0.6) is 0 Å². The topological polar surface area (TPSA) is 26.5 Å². The Morgan fingerprint density at radius 3 is 2.27 bits per heavy atom. The van der Waals surface area contributed by atoms with Gasteiger partial charge in [-0.2, -0.15) is 0 Å². The highest BCUT2D eigenvalue weighted by atomic mass is 35.5. The summed E-state index contributed by atoms with van der Waals surface area (Å²) in [6.45, 7) is 3.64. The molecule has 2 aromatic rings. The highest BCUT2D eigenvalue weighted by Crippen LogP contribution is 2.36. The van der Waals surface area contributed by atoms with Gasteiger partial charge in [-0.3, -0.25) is 0 Å². The van der Waals surface area contributed by atoms with Crippen molar-refractivity contribution in [1.29, 1.82) is 0 Å². The van der Waals surface area contributed by atoms with E-state index in [1.165, 1.54) is 5.84 Å². The van der Waals surface area contributed by atoms with Crippen LogP contribution in [0.3, 0.4) is 0 Å². The van der Waals surface area contributed by atoms with Crippen LogP contribution in [0.25, 0.3) is 0 Å². The van der Waals surface area contributed by atoms with Crippen LogP contribution in [-0.4, -0.2) is 28.6 Å². The van der Waals surface area contributed by atoms with Crippen molar-refractivity contribution in [3.63, 3.8) is 0 Å². The summed E-state index contributed by atoms with van der Waals surface area (Å²) in [5.41, 5.74) is 0.892. The third-order valence-electron chi connectivity index (χ3n) is 5.60. The molecule has 2 atom stereocenters. The van der Waals surface area contributed by atoms with Crippen molar-refractivity contribution in [2.75, 3.05) is 18.0 Å². The van der Waals surface area contributed by atoms with E-state index in [9.17, 15) is 5.11 Å². The molecule has 0 radical (unpaired) electrons. The van der Waals surface area contributed by atoms with Gasteiger partial charge in [-0.25, -0.2) is 9.48 Å². The predicted octanol–water partition coefficient (Wildman–Crippen LogP) is 4.89. The standard InChI is InChI=1S/C21H23Cl2N2O/c1-15-2-11-20-24(19-9-7-18(23)8-10-19)14-21(26,25(20)13-12-15)16-3-5-17(22)6-4-16/h3-10,15,26H,2,11-14H2,1H3/q+1.